The first-order valence-corrected chi connectivity index (χ1v) is 10.2. The Kier molecular flexibility index (Phi) is 9.68. The number of carbonyl (C=O) groups excluding carboxylic acids is 4. The van der Waals surface area contributed by atoms with Crippen LogP contribution >= 0.6 is 0 Å². The highest BCUT2D eigenvalue weighted by Gasteiger charge is 2.34. The number of ether oxygens (including phenoxy) is 5. The molecule has 32 heavy (non-hydrogen) atoms. The molecule has 0 N–H and O–H groups in total. The van der Waals surface area contributed by atoms with Gasteiger partial charge in [0.1, 0.15) is 17.8 Å². The molecular weight excluding hydrogens is 420 g/mol. The number of benzene rings is 1. The van der Waals surface area contributed by atoms with E-state index < -0.39 is 53.9 Å². The van der Waals surface area contributed by atoms with Crippen molar-refractivity contribution in [3.63, 3.8) is 0 Å². The van der Waals surface area contributed by atoms with Gasteiger partial charge in [0.05, 0.1) is 6.42 Å². The molecule has 0 amide bonds. The largest absolute Gasteiger partial charge is 0.509 e. The second-order valence-electron chi connectivity index (χ2n) is 9.03. The fraction of sp³-hybridized carbons (Fsp3) is 0.565. The monoisotopic (exact) mass is 452 g/mol. The highest BCUT2D eigenvalue weighted by atomic mass is 16.7. The molecule has 2 unspecified atom stereocenters. The van der Waals surface area contributed by atoms with Crippen LogP contribution in [0.25, 0.3) is 0 Å². The molecule has 0 aromatic heterocycles. The van der Waals surface area contributed by atoms with Crippen LogP contribution in [0.3, 0.4) is 0 Å². The molecule has 0 bridgehead atoms. The van der Waals surface area contributed by atoms with Crippen molar-refractivity contribution in [2.75, 3.05) is 0 Å². The van der Waals surface area contributed by atoms with Crippen LogP contribution in [-0.4, -0.2) is 47.5 Å². The Morgan fingerprint density at radius 2 is 1.38 bits per heavy atom. The smallest absolute Gasteiger partial charge is 0.461 e. The summed E-state index contributed by atoms with van der Waals surface area (Å²) in [4.78, 5) is 48.9. The van der Waals surface area contributed by atoms with E-state index in [1.54, 1.807) is 65.8 Å². The number of carbonyl (C=O) groups is 4. The van der Waals surface area contributed by atoms with Crippen molar-refractivity contribution in [2.45, 2.75) is 84.9 Å². The normalized spacial score (nSPS) is 13.3. The molecule has 0 aliphatic rings. The van der Waals surface area contributed by atoms with Gasteiger partial charge in [0.2, 0.25) is 6.10 Å². The Morgan fingerprint density at radius 1 is 0.812 bits per heavy atom. The van der Waals surface area contributed by atoms with Gasteiger partial charge in [0, 0.05) is 0 Å². The zero-order chi connectivity index (χ0) is 24.5. The molecule has 0 aliphatic heterocycles. The second kappa shape index (κ2) is 11.5. The predicted molar refractivity (Wildman–Crippen MR) is 113 cm³/mol. The molecule has 2 atom stereocenters. The van der Waals surface area contributed by atoms with E-state index in [0.717, 1.165) is 5.56 Å². The number of rotatable bonds is 8. The van der Waals surface area contributed by atoms with Crippen LogP contribution in [0.4, 0.5) is 4.79 Å². The van der Waals surface area contributed by atoms with Crippen molar-refractivity contribution in [2.24, 2.45) is 0 Å². The van der Waals surface area contributed by atoms with Gasteiger partial charge in [-0.25, -0.2) is 14.4 Å². The Morgan fingerprint density at radius 3 is 1.91 bits per heavy atom. The molecule has 0 saturated heterocycles. The second-order valence-corrected chi connectivity index (χ2v) is 9.03. The van der Waals surface area contributed by atoms with Gasteiger partial charge in [-0.05, 0) is 54.0 Å². The number of esters is 3. The van der Waals surface area contributed by atoms with E-state index in [4.69, 9.17) is 23.7 Å². The van der Waals surface area contributed by atoms with Crippen molar-refractivity contribution in [3.05, 3.63) is 35.9 Å². The maximum absolute atomic E-state index is 12.6. The van der Waals surface area contributed by atoms with E-state index in [9.17, 15) is 19.2 Å². The van der Waals surface area contributed by atoms with Crippen LogP contribution in [0.1, 0.15) is 60.5 Å². The van der Waals surface area contributed by atoms with Crippen LogP contribution in [0.15, 0.2) is 30.3 Å². The van der Waals surface area contributed by atoms with Crippen LogP contribution in [0.5, 0.6) is 0 Å². The molecule has 9 nitrogen and oxygen atoms in total. The number of hydrogen-bond acceptors (Lipinski definition) is 9. The van der Waals surface area contributed by atoms with Crippen molar-refractivity contribution in [1.29, 1.82) is 0 Å². The maximum atomic E-state index is 12.6. The molecule has 1 aromatic rings. The average Bonchev–Trinajstić information content (AvgIpc) is 2.63. The summed E-state index contributed by atoms with van der Waals surface area (Å²) in [6.07, 6.45) is -4.74. The van der Waals surface area contributed by atoms with E-state index in [-0.39, 0.29) is 6.61 Å². The third kappa shape index (κ3) is 11.3. The van der Waals surface area contributed by atoms with Crippen molar-refractivity contribution in [1.82, 2.24) is 0 Å². The lowest BCUT2D eigenvalue weighted by atomic mass is 10.2. The molecule has 0 spiro atoms. The summed E-state index contributed by atoms with van der Waals surface area (Å²) < 4.78 is 25.4. The quantitative estimate of drug-likeness (QED) is 0.430. The van der Waals surface area contributed by atoms with E-state index in [1.807, 2.05) is 6.07 Å². The lowest BCUT2D eigenvalue weighted by Crippen LogP contribution is -2.39. The minimum Gasteiger partial charge on any atom is -0.461 e. The van der Waals surface area contributed by atoms with Crippen LogP contribution in [-0.2, 0) is 44.7 Å². The van der Waals surface area contributed by atoms with Gasteiger partial charge in [-0.2, -0.15) is 0 Å². The molecule has 0 aliphatic carbocycles. The summed E-state index contributed by atoms with van der Waals surface area (Å²) in [5, 5.41) is 0. The summed E-state index contributed by atoms with van der Waals surface area (Å²) in [6.45, 7) is 11.1. The highest BCUT2D eigenvalue weighted by Crippen LogP contribution is 2.15. The molecule has 0 fully saturated rings. The van der Waals surface area contributed by atoms with Gasteiger partial charge in [0.25, 0.3) is 0 Å². The third-order valence-electron chi connectivity index (χ3n) is 3.52. The minimum atomic E-state index is -1.67. The standard InChI is InChI=1S/C23H32O9/c1-15(19(25)31-22(2,3)4)29-20(26)17(30-21(27)32-23(5,6)7)13-18(24)28-14-16-11-9-8-10-12-16/h8-12,15,17H,13-14H2,1-7H3. The molecule has 1 aromatic carbocycles. The van der Waals surface area contributed by atoms with Crippen molar-refractivity contribution >= 4 is 24.1 Å². The van der Waals surface area contributed by atoms with E-state index >= 15 is 0 Å². The fourth-order valence-corrected chi connectivity index (χ4v) is 2.19. The first-order chi connectivity index (χ1) is 14.7. The van der Waals surface area contributed by atoms with Gasteiger partial charge >= 0.3 is 24.1 Å². The Labute approximate surface area is 188 Å². The van der Waals surface area contributed by atoms with E-state index in [1.165, 1.54) is 6.92 Å². The molecule has 0 radical (unpaired) electrons. The molecular formula is C23H32O9. The van der Waals surface area contributed by atoms with Crippen LogP contribution in [0.2, 0.25) is 0 Å². The summed E-state index contributed by atoms with van der Waals surface area (Å²) in [5.74, 6) is -2.69. The van der Waals surface area contributed by atoms with Crippen LogP contribution < -0.4 is 0 Å². The minimum absolute atomic E-state index is 0.0256. The van der Waals surface area contributed by atoms with Gasteiger partial charge < -0.3 is 23.7 Å². The lowest BCUT2D eigenvalue weighted by Gasteiger charge is -2.24. The van der Waals surface area contributed by atoms with Crippen molar-refractivity contribution in [3.8, 4) is 0 Å². The lowest BCUT2D eigenvalue weighted by molar-refractivity contribution is -0.180. The van der Waals surface area contributed by atoms with Gasteiger partial charge in [-0.15, -0.1) is 0 Å². The first-order valence-electron chi connectivity index (χ1n) is 10.2. The Balaban J connectivity index is 2.81. The zero-order valence-electron chi connectivity index (χ0n) is 19.6. The summed E-state index contributed by atoms with van der Waals surface area (Å²) in [7, 11) is 0. The fourth-order valence-electron chi connectivity index (χ4n) is 2.19. The number of hydrogen-bond donors (Lipinski definition) is 0. The topological polar surface area (TPSA) is 114 Å². The van der Waals surface area contributed by atoms with E-state index in [2.05, 4.69) is 0 Å². The zero-order valence-corrected chi connectivity index (χ0v) is 19.6. The van der Waals surface area contributed by atoms with Gasteiger partial charge in [0.15, 0.2) is 6.10 Å². The Bertz CT molecular complexity index is 788. The maximum Gasteiger partial charge on any atom is 0.509 e. The first kappa shape index (κ1) is 26.9. The summed E-state index contributed by atoms with van der Waals surface area (Å²) in [5.41, 5.74) is -0.930. The van der Waals surface area contributed by atoms with Gasteiger partial charge in [-0.1, -0.05) is 30.3 Å². The Hall–Kier alpha value is -3.10. The van der Waals surface area contributed by atoms with Crippen LogP contribution in [0, 0.1) is 0 Å². The van der Waals surface area contributed by atoms with Gasteiger partial charge in [-0.3, -0.25) is 4.79 Å². The summed E-state index contributed by atoms with van der Waals surface area (Å²) in [6, 6.07) is 8.91. The van der Waals surface area contributed by atoms with E-state index in [0.29, 0.717) is 0 Å². The molecule has 9 heteroatoms. The molecule has 1 rings (SSSR count). The molecule has 0 saturated carbocycles. The molecule has 178 valence electrons. The van der Waals surface area contributed by atoms with Crippen molar-refractivity contribution < 1.29 is 42.9 Å². The summed E-state index contributed by atoms with van der Waals surface area (Å²) >= 11 is 0. The SMILES string of the molecule is CC(OC(=O)C(CC(=O)OCc1ccccc1)OC(=O)OC(C)(C)C)C(=O)OC(C)(C)C. The average molecular weight is 453 g/mol. The predicted octanol–water partition coefficient (Wildman–Crippen LogP) is 3.71. The third-order valence-corrected chi connectivity index (χ3v) is 3.52. The molecule has 0 heterocycles. The highest BCUT2D eigenvalue weighted by molar-refractivity contribution is 5.86.